The van der Waals surface area contributed by atoms with E-state index in [4.69, 9.17) is 5.73 Å². The van der Waals surface area contributed by atoms with E-state index in [9.17, 15) is 0 Å². The van der Waals surface area contributed by atoms with Gasteiger partial charge in [-0.3, -0.25) is 0 Å². The number of fused-ring (bicyclic) bond motifs is 1. The minimum atomic E-state index is 0.508. The van der Waals surface area contributed by atoms with Gasteiger partial charge in [-0.25, -0.2) is 0 Å². The van der Waals surface area contributed by atoms with Gasteiger partial charge in [0.1, 0.15) is 0 Å². The van der Waals surface area contributed by atoms with Crippen molar-refractivity contribution in [1.82, 2.24) is 0 Å². The van der Waals surface area contributed by atoms with Crippen molar-refractivity contribution in [2.45, 2.75) is 39.7 Å². The van der Waals surface area contributed by atoms with Crippen molar-refractivity contribution in [2.24, 2.45) is 11.1 Å². The van der Waals surface area contributed by atoms with Gasteiger partial charge in [0, 0.05) is 30.7 Å². The molecule has 2 aromatic carbocycles. The van der Waals surface area contributed by atoms with E-state index in [1.807, 2.05) is 0 Å². The molecule has 1 saturated heterocycles. The highest BCUT2D eigenvalue weighted by atomic mass is 15.2. The normalized spacial score (nSPS) is 17.6. The fourth-order valence-corrected chi connectivity index (χ4v) is 3.77. The molecule has 2 N–H and O–H groups in total. The van der Waals surface area contributed by atoms with E-state index in [1.54, 1.807) is 0 Å². The molecular weight excluding hydrogens is 256 g/mol. The molecule has 112 valence electrons. The molecule has 0 aliphatic carbocycles. The summed E-state index contributed by atoms with van der Waals surface area (Å²) >= 11 is 0. The molecule has 3 rings (SSSR count). The molecule has 0 aromatic heterocycles. The van der Waals surface area contributed by atoms with Crippen molar-refractivity contribution in [3.63, 3.8) is 0 Å². The third-order valence-electron chi connectivity index (χ3n) is 5.49. The minimum Gasteiger partial charge on any atom is -0.370 e. The molecule has 0 atom stereocenters. The van der Waals surface area contributed by atoms with Gasteiger partial charge in [-0.15, -0.1) is 0 Å². The number of nitrogens with two attached hydrogens (primary N) is 1. The molecule has 1 aliphatic heterocycles. The maximum atomic E-state index is 5.89. The van der Waals surface area contributed by atoms with Crippen molar-refractivity contribution in [3.8, 4) is 0 Å². The average molecular weight is 282 g/mol. The highest BCUT2D eigenvalue weighted by Gasteiger charge is 2.35. The second-order valence-electron chi connectivity index (χ2n) is 6.37. The van der Waals surface area contributed by atoms with Crippen molar-refractivity contribution in [2.75, 3.05) is 18.0 Å². The van der Waals surface area contributed by atoms with Crippen molar-refractivity contribution < 1.29 is 0 Å². The van der Waals surface area contributed by atoms with E-state index in [1.165, 1.54) is 54.4 Å². The van der Waals surface area contributed by atoms with Crippen LogP contribution in [0.2, 0.25) is 0 Å². The maximum Gasteiger partial charge on any atom is 0.0446 e. The van der Waals surface area contributed by atoms with Gasteiger partial charge < -0.3 is 10.6 Å². The largest absolute Gasteiger partial charge is 0.370 e. The Bertz CT molecular complexity index is 628. The number of benzene rings is 2. The first-order valence-electron chi connectivity index (χ1n) is 8.18. The van der Waals surface area contributed by atoms with Crippen LogP contribution in [0.15, 0.2) is 36.4 Å². The monoisotopic (exact) mass is 282 g/mol. The van der Waals surface area contributed by atoms with Gasteiger partial charge in [0.2, 0.25) is 0 Å². The Labute approximate surface area is 127 Å². The summed E-state index contributed by atoms with van der Waals surface area (Å²) in [7, 11) is 0. The zero-order valence-electron chi connectivity index (χ0n) is 13.2. The van der Waals surface area contributed by atoms with Crippen LogP contribution in [0.1, 0.15) is 38.7 Å². The van der Waals surface area contributed by atoms with Crippen molar-refractivity contribution in [1.29, 1.82) is 0 Å². The Kier molecular flexibility index (Phi) is 3.90. The van der Waals surface area contributed by atoms with Gasteiger partial charge in [-0.05, 0) is 41.7 Å². The predicted molar refractivity (Wildman–Crippen MR) is 91.7 cm³/mol. The minimum absolute atomic E-state index is 0.508. The fraction of sp³-hybridized carbons (Fsp3) is 0.474. The van der Waals surface area contributed by atoms with Gasteiger partial charge in [-0.2, -0.15) is 0 Å². The lowest BCUT2D eigenvalue weighted by Crippen LogP contribution is -2.26. The zero-order valence-corrected chi connectivity index (χ0v) is 13.2. The number of hydrogen-bond acceptors (Lipinski definition) is 2. The van der Waals surface area contributed by atoms with Crippen LogP contribution in [0, 0.1) is 5.41 Å². The molecule has 21 heavy (non-hydrogen) atoms. The molecule has 0 saturated carbocycles. The van der Waals surface area contributed by atoms with Crippen LogP contribution in [0.4, 0.5) is 5.69 Å². The predicted octanol–water partition coefficient (Wildman–Crippen LogP) is 4.32. The Hall–Kier alpha value is -1.54. The Morgan fingerprint density at radius 2 is 1.76 bits per heavy atom. The van der Waals surface area contributed by atoms with Crippen LogP contribution in [0.3, 0.4) is 0 Å². The second-order valence-corrected chi connectivity index (χ2v) is 6.37. The van der Waals surface area contributed by atoms with Crippen LogP contribution in [-0.4, -0.2) is 13.1 Å². The van der Waals surface area contributed by atoms with E-state index in [-0.39, 0.29) is 0 Å². The van der Waals surface area contributed by atoms with E-state index in [2.05, 4.69) is 55.1 Å². The van der Waals surface area contributed by atoms with Crippen molar-refractivity contribution >= 4 is 16.5 Å². The third kappa shape index (κ3) is 2.42. The van der Waals surface area contributed by atoms with E-state index < -0.39 is 0 Å². The van der Waals surface area contributed by atoms with Gasteiger partial charge in [0.25, 0.3) is 0 Å². The third-order valence-corrected chi connectivity index (χ3v) is 5.49. The van der Waals surface area contributed by atoms with Crippen LogP contribution < -0.4 is 10.6 Å². The molecule has 0 amide bonds. The highest BCUT2D eigenvalue weighted by Crippen LogP contribution is 2.41. The molecule has 1 heterocycles. The average Bonchev–Trinajstić information content (AvgIpc) is 2.99. The molecule has 0 unspecified atom stereocenters. The van der Waals surface area contributed by atoms with Crippen LogP contribution in [0.5, 0.6) is 0 Å². The molecule has 1 fully saturated rings. The smallest absolute Gasteiger partial charge is 0.0446 e. The van der Waals surface area contributed by atoms with Crippen LogP contribution in [0.25, 0.3) is 10.8 Å². The summed E-state index contributed by atoms with van der Waals surface area (Å²) in [4.78, 5) is 2.58. The number of rotatable bonds is 4. The molecular formula is C19H26N2. The lowest BCUT2D eigenvalue weighted by molar-refractivity contribution is 0.301. The Balaban J connectivity index is 2.03. The first-order chi connectivity index (χ1) is 10.2. The topological polar surface area (TPSA) is 29.3 Å². The SMILES string of the molecule is CCC1(CC)CCN(c2ccc(CN)c3ccccc23)C1. The molecule has 0 radical (unpaired) electrons. The Morgan fingerprint density at radius 1 is 1.05 bits per heavy atom. The van der Waals surface area contributed by atoms with Crippen molar-refractivity contribution in [3.05, 3.63) is 42.0 Å². The standard InChI is InChI=1S/C19H26N2/c1-3-19(4-2)11-12-21(14-19)18-10-9-15(13-20)16-7-5-6-8-17(16)18/h5-10H,3-4,11-14,20H2,1-2H3. The van der Waals surface area contributed by atoms with Gasteiger partial charge in [-0.1, -0.05) is 44.2 Å². The van der Waals surface area contributed by atoms with Gasteiger partial charge in [0.15, 0.2) is 0 Å². The lowest BCUT2D eigenvalue weighted by atomic mass is 9.82. The van der Waals surface area contributed by atoms with Crippen LogP contribution >= 0.6 is 0 Å². The highest BCUT2D eigenvalue weighted by molar-refractivity contribution is 5.96. The summed E-state index contributed by atoms with van der Waals surface area (Å²) in [6, 6.07) is 13.2. The first-order valence-corrected chi connectivity index (χ1v) is 8.18. The van der Waals surface area contributed by atoms with Gasteiger partial charge >= 0.3 is 0 Å². The number of hydrogen-bond donors (Lipinski definition) is 1. The van der Waals surface area contributed by atoms with Gasteiger partial charge in [0.05, 0.1) is 0 Å². The van der Waals surface area contributed by atoms with E-state index in [0.717, 1.165) is 0 Å². The molecule has 0 spiro atoms. The molecule has 1 aliphatic rings. The zero-order chi connectivity index (χ0) is 14.9. The lowest BCUT2D eigenvalue weighted by Gasteiger charge is -2.28. The summed E-state index contributed by atoms with van der Waals surface area (Å²) < 4.78 is 0. The van der Waals surface area contributed by atoms with E-state index in [0.29, 0.717) is 12.0 Å². The fourth-order valence-electron chi connectivity index (χ4n) is 3.77. The summed E-state index contributed by atoms with van der Waals surface area (Å²) in [5, 5.41) is 2.66. The Morgan fingerprint density at radius 3 is 2.38 bits per heavy atom. The summed E-state index contributed by atoms with van der Waals surface area (Å²) in [6.07, 6.45) is 3.87. The molecule has 0 bridgehead atoms. The van der Waals surface area contributed by atoms with Crippen LogP contribution in [-0.2, 0) is 6.54 Å². The second kappa shape index (κ2) is 5.69. The summed E-state index contributed by atoms with van der Waals surface area (Å²) in [6.45, 7) is 7.64. The summed E-state index contributed by atoms with van der Waals surface area (Å²) in [5.74, 6) is 0. The molecule has 2 nitrogen and oxygen atoms in total. The molecule has 2 heteroatoms. The first kappa shape index (κ1) is 14.4. The molecule has 2 aromatic rings. The number of anilines is 1. The quantitative estimate of drug-likeness (QED) is 0.905. The maximum absolute atomic E-state index is 5.89. The number of nitrogens with zero attached hydrogens (tertiary/aromatic N) is 1. The van der Waals surface area contributed by atoms with E-state index >= 15 is 0 Å². The summed E-state index contributed by atoms with van der Waals surface area (Å²) in [5.41, 5.74) is 9.02.